The molecule has 2 aliphatic rings. The highest BCUT2D eigenvalue weighted by Crippen LogP contribution is 2.31. The summed E-state index contributed by atoms with van der Waals surface area (Å²) in [6.45, 7) is 0.219. The van der Waals surface area contributed by atoms with Gasteiger partial charge in [-0.1, -0.05) is 31.0 Å². The van der Waals surface area contributed by atoms with Crippen LogP contribution in [0.1, 0.15) is 36.8 Å². The van der Waals surface area contributed by atoms with E-state index in [0.29, 0.717) is 17.1 Å². The van der Waals surface area contributed by atoms with Crippen molar-refractivity contribution in [1.82, 2.24) is 10.2 Å². The van der Waals surface area contributed by atoms with Crippen molar-refractivity contribution < 1.29 is 28.2 Å². The zero-order chi connectivity index (χ0) is 22.7. The number of amides is 4. The van der Waals surface area contributed by atoms with Gasteiger partial charge in [-0.3, -0.25) is 19.8 Å². The molecular weight excluding hydrogens is 415 g/mol. The van der Waals surface area contributed by atoms with Crippen LogP contribution in [0.4, 0.5) is 9.18 Å². The minimum absolute atomic E-state index is 0.0986. The summed E-state index contributed by atoms with van der Waals surface area (Å²) in [6.07, 6.45) is 4.83. The number of carbonyl (C=O) groups is 3. The summed E-state index contributed by atoms with van der Waals surface area (Å²) >= 11 is 0. The zero-order valence-corrected chi connectivity index (χ0v) is 17.6. The number of halogens is 1. The molecule has 166 valence electrons. The van der Waals surface area contributed by atoms with Crippen molar-refractivity contribution in [2.45, 2.75) is 38.3 Å². The van der Waals surface area contributed by atoms with Crippen LogP contribution < -0.4 is 14.8 Å². The van der Waals surface area contributed by atoms with Crippen LogP contribution in [0.5, 0.6) is 11.5 Å². The van der Waals surface area contributed by atoms with Crippen LogP contribution in [0.25, 0.3) is 6.08 Å². The number of methoxy groups -OCH3 is 1. The third-order valence-electron chi connectivity index (χ3n) is 5.63. The molecule has 4 rings (SSSR count). The van der Waals surface area contributed by atoms with Gasteiger partial charge in [0.1, 0.15) is 18.0 Å². The molecule has 4 amide bonds. The fourth-order valence-corrected chi connectivity index (χ4v) is 3.97. The van der Waals surface area contributed by atoms with Crippen LogP contribution in [0.2, 0.25) is 0 Å². The van der Waals surface area contributed by atoms with E-state index in [9.17, 15) is 18.8 Å². The van der Waals surface area contributed by atoms with E-state index in [1.165, 1.54) is 25.3 Å². The Hall–Kier alpha value is -3.68. The minimum atomic E-state index is -0.718. The monoisotopic (exact) mass is 438 g/mol. The summed E-state index contributed by atoms with van der Waals surface area (Å²) < 4.78 is 24.2. The van der Waals surface area contributed by atoms with Crippen molar-refractivity contribution in [3.05, 3.63) is 65.0 Å². The van der Waals surface area contributed by atoms with Crippen LogP contribution in [0.3, 0.4) is 0 Å². The molecular formula is C24H23FN2O5. The van der Waals surface area contributed by atoms with E-state index in [-0.39, 0.29) is 24.0 Å². The van der Waals surface area contributed by atoms with Gasteiger partial charge in [0.25, 0.3) is 11.8 Å². The number of imide groups is 2. The normalized spacial score (nSPS) is 18.2. The molecule has 0 bridgehead atoms. The molecule has 32 heavy (non-hydrogen) atoms. The lowest BCUT2D eigenvalue weighted by Crippen LogP contribution is -2.57. The first-order valence-corrected chi connectivity index (χ1v) is 10.4. The van der Waals surface area contributed by atoms with Crippen molar-refractivity contribution in [2.24, 2.45) is 0 Å². The van der Waals surface area contributed by atoms with Crippen LogP contribution >= 0.6 is 0 Å². The molecule has 1 saturated carbocycles. The number of urea groups is 1. The second-order valence-corrected chi connectivity index (χ2v) is 7.76. The van der Waals surface area contributed by atoms with Crippen LogP contribution in [0.15, 0.2) is 48.0 Å². The Morgan fingerprint density at radius 3 is 2.47 bits per heavy atom. The molecule has 0 atom stereocenters. The number of hydrogen-bond donors (Lipinski definition) is 1. The molecule has 0 unspecified atom stereocenters. The Morgan fingerprint density at radius 1 is 1.06 bits per heavy atom. The van der Waals surface area contributed by atoms with E-state index in [1.807, 2.05) is 0 Å². The van der Waals surface area contributed by atoms with Gasteiger partial charge in [-0.25, -0.2) is 9.18 Å². The Labute approximate surface area is 184 Å². The highest BCUT2D eigenvalue weighted by molar-refractivity contribution is 6.31. The number of benzene rings is 2. The van der Waals surface area contributed by atoms with E-state index < -0.39 is 17.8 Å². The van der Waals surface area contributed by atoms with Crippen molar-refractivity contribution >= 4 is 23.9 Å². The van der Waals surface area contributed by atoms with Gasteiger partial charge in [-0.05, 0) is 54.3 Å². The Balaban J connectivity index is 1.54. The third-order valence-corrected chi connectivity index (χ3v) is 5.63. The van der Waals surface area contributed by atoms with Crippen LogP contribution in [0, 0.1) is 5.82 Å². The van der Waals surface area contributed by atoms with Crippen molar-refractivity contribution in [1.29, 1.82) is 0 Å². The molecule has 7 nitrogen and oxygen atoms in total. The molecule has 2 aromatic rings. The van der Waals surface area contributed by atoms with E-state index in [0.717, 1.165) is 36.1 Å². The number of nitrogens with one attached hydrogen (secondary N) is 1. The van der Waals surface area contributed by atoms with Crippen LogP contribution in [-0.2, 0) is 16.2 Å². The minimum Gasteiger partial charge on any atom is -0.493 e. The summed E-state index contributed by atoms with van der Waals surface area (Å²) in [5.74, 6) is -0.751. The van der Waals surface area contributed by atoms with Gasteiger partial charge in [0.05, 0.1) is 7.11 Å². The van der Waals surface area contributed by atoms with Gasteiger partial charge in [0.15, 0.2) is 11.5 Å². The predicted octanol–water partition coefficient (Wildman–Crippen LogP) is 3.82. The summed E-state index contributed by atoms with van der Waals surface area (Å²) in [5, 5.41) is 2.27. The fourth-order valence-electron chi connectivity index (χ4n) is 3.97. The van der Waals surface area contributed by atoms with E-state index in [4.69, 9.17) is 9.47 Å². The number of carbonyl (C=O) groups excluding carboxylic acids is 3. The number of nitrogens with zero attached hydrogens (tertiary/aromatic N) is 1. The van der Waals surface area contributed by atoms with E-state index >= 15 is 0 Å². The molecule has 1 N–H and O–H groups in total. The molecule has 1 aliphatic heterocycles. The highest BCUT2D eigenvalue weighted by atomic mass is 19.1. The predicted molar refractivity (Wildman–Crippen MR) is 114 cm³/mol. The van der Waals surface area contributed by atoms with Crippen molar-refractivity contribution in [3.63, 3.8) is 0 Å². The average Bonchev–Trinajstić information content (AvgIpc) is 3.31. The molecule has 8 heteroatoms. The zero-order valence-electron chi connectivity index (χ0n) is 17.6. The Morgan fingerprint density at radius 2 is 1.78 bits per heavy atom. The molecule has 2 aromatic carbocycles. The quantitative estimate of drug-likeness (QED) is 0.548. The first-order valence-electron chi connectivity index (χ1n) is 10.4. The molecule has 0 aromatic heterocycles. The molecule has 0 spiro atoms. The first kappa shape index (κ1) is 21.5. The second-order valence-electron chi connectivity index (χ2n) is 7.76. The van der Waals surface area contributed by atoms with Gasteiger partial charge in [-0.2, -0.15) is 0 Å². The Kier molecular flexibility index (Phi) is 6.20. The molecule has 2 fully saturated rings. The molecule has 1 saturated heterocycles. The number of hydrogen-bond acceptors (Lipinski definition) is 5. The highest BCUT2D eigenvalue weighted by Gasteiger charge is 2.40. The average molecular weight is 438 g/mol. The summed E-state index contributed by atoms with van der Waals surface area (Å²) in [4.78, 5) is 38.7. The lowest BCUT2D eigenvalue weighted by Gasteiger charge is -2.31. The summed E-state index contributed by atoms with van der Waals surface area (Å²) in [6, 6.07) is 10.1. The lowest BCUT2D eigenvalue weighted by atomic mass is 10.0. The van der Waals surface area contributed by atoms with Gasteiger partial charge in [-0.15, -0.1) is 0 Å². The SMILES string of the molecule is COc1cc(/C=C2\C(=O)NC(=O)N(C3CCCC3)C2=O)ccc1OCc1ccc(F)cc1. The number of rotatable bonds is 6. The maximum Gasteiger partial charge on any atom is 0.331 e. The summed E-state index contributed by atoms with van der Waals surface area (Å²) in [7, 11) is 1.48. The number of ether oxygens (including phenoxy) is 2. The molecule has 1 aliphatic carbocycles. The maximum absolute atomic E-state index is 13.1. The maximum atomic E-state index is 13.1. The van der Waals surface area contributed by atoms with E-state index in [2.05, 4.69) is 5.32 Å². The standard InChI is InChI=1S/C24H23FN2O5/c1-31-21-13-16(8-11-20(21)32-14-15-6-9-17(25)10-7-15)12-19-22(28)26-24(30)27(23(19)29)18-4-2-3-5-18/h6-13,18H,2-5,14H2,1H3,(H,26,28,30)/b19-12+. The van der Waals surface area contributed by atoms with Gasteiger partial charge in [0, 0.05) is 6.04 Å². The van der Waals surface area contributed by atoms with Crippen molar-refractivity contribution in [3.8, 4) is 11.5 Å². The van der Waals surface area contributed by atoms with Gasteiger partial charge >= 0.3 is 6.03 Å². The van der Waals surface area contributed by atoms with E-state index in [1.54, 1.807) is 30.3 Å². The Bertz CT molecular complexity index is 1070. The fraction of sp³-hybridized carbons (Fsp3) is 0.292. The summed E-state index contributed by atoms with van der Waals surface area (Å²) in [5.41, 5.74) is 1.24. The first-order chi connectivity index (χ1) is 15.5. The second kappa shape index (κ2) is 9.21. The lowest BCUT2D eigenvalue weighted by molar-refractivity contribution is -0.131. The number of barbiturate groups is 1. The van der Waals surface area contributed by atoms with Gasteiger partial charge in [0.2, 0.25) is 0 Å². The third kappa shape index (κ3) is 4.49. The topological polar surface area (TPSA) is 84.9 Å². The van der Waals surface area contributed by atoms with Crippen molar-refractivity contribution in [2.75, 3.05) is 7.11 Å². The van der Waals surface area contributed by atoms with Gasteiger partial charge < -0.3 is 9.47 Å². The molecule has 1 heterocycles. The smallest absolute Gasteiger partial charge is 0.331 e. The largest absolute Gasteiger partial charge is 0.493 e. The van der Waals surface area contributed by atoms with Crippen LogP contribution in [-0.4, -0.2) is 35.9 Å². The molecule has 0 radical (unpaired) electrons.